The number of hydrogen-bond acceptors (Lipinski definition) is 6. The zero-order valence-corrected chi connectivity index (χ0v) is 19.7. The highest BCUT2D eigenvalue weighted by Gasteiger charge is 2.20. The molecular weight excluding hydrogens is 446 g/mol. The molecule has 9 heteroatoms. The lowest BCUT2D eigenvalue weighted by atomic mass is 10.1. The van der Waals surface area contributed by atoms with E-state index in [-0.39, 0.29) is 12.5 Å². The Bertz CT molecular complexity index is 1270. The summed E-state index contributed by atoms with van der Waals surface area (Å²) in [6.45, 7) is 2.65. The molecule has 0 bridgehead atoms. The maximum absolute atomic E-state index is 11.7. The van der Waals surface area contributed by atoms with Crippen molar-refractivity contribution in [1.82, 2.24) is 19.3 Å². The molecule has 4 rings (SSSR count). The van der Waals surface area contributed by atoms with Crippen LogP contribution in [0, 0.1) is 0 Å². The van der Waals surface area contributed by atoms with E-state index in [1.807, 2.05) is 61.9 Å². The van der Waals surface area contributed by atoms with Gasteiger partial charge in [-0.3, -0.25) is 14.2 Å². The molecule has 0 fully saturated rings. The number of benzene rings is 1. The lowest BCUT2D eigenvalue weighted by molar-refractivity contribution is -0.117. The molecule has 0 aliphatic rings. The fraction of sp³-hybridized carbons (Fsp3) is 0.261. The number of primary amides is 1. The van der Waals surface area contributed by atoms with Gasteiger partial charge in [-0.2, -0.15) is 0 Å². The number of amides is 1. The maximum Gasteiger partial charge on any atom is 0.222 e. The third-order valence-corrected chi connectivity index (χ3v) is 6.42. The fourth-order valence-corrected chi connectivity index (χ4v) is 4.89. The number of imidazole rings is 1. The number of hydrogen-bond donors (Lipinski definition) is 1. The number of ether oxygens (including phenoxy) is 1. The van der Waals surface area contributed by atoms with E-state index in [1.54, 1.807) is 12.4 Å². The maximum atomic E-state index is 11.7. The van der Waals surface area contributed by atoms with Crippen LogP contribution in [0.15, 0.2) is 48.9 Å². The summed E-state index contributed by atoms with van der Waals surface area (Å²) in [6.07, 6.45) is 5.35. The first-order chi connectivity index (χ1) is 15.3. The van der Waals surface area contributed by atoms with E-state index < -0.39 is 5.91 Å². The van der Waals surface area contributed by atoms with Gasteiger partial charge < -0.3 is 15.4 Å². The van der Waals surface area contributed by atoms with Gasteiger partial charge in [0.2, 0.25) is 5.91 Å². The van der Waals surface area contributed by atoms with Crippen LogP contribution < -0.4 is 10.5 Å². The summed E-state index contributed by atoms with van der Waals surface area (Å²) in [5.74, 6) is 0.206. The standard InChI is InChI=1S/C23H24ClN5O2S/c1-14(16-6-4-5-7-17(16)24)31-19-8-20(32-21(19)9-22(25)30)18-10-27-23-11-26-15(12-28(2)3)13-29(18)23/h4-8,10-11,13-14H,9,12H2,1-3H3,(H2,25,30)/t14-/m1/s1. The second kappa shape index (κ2) is 9.28. The van der Waals surface area contributed by atoms with Gasteiger partial charge in [-0.05, 0) is 27.1 Å². The van der Waals surface area contributed by atoms with Crippen molar-refractivity contribution in [3.8, 4) is 16.3 Å². The van der Waals surface area contributed by atoms with Gasteiger partial charge in [0.05, 0.1) is 40.0 Å². The summed E-state index contributed by atoms with van der Waals surface area (Å²) < 4.78 is 8.26. The van der Waals surface area contributed by atoms with Gasteiger partial charge in [0, 0.05) is 29.4 Å². The number of rotatable bonds is 8. The molecule has 0 spiro atoms. The Morgan fingerprint density at radius 3 is 2.78 bits per heavy atom. The van der Waals surface area contributed by atoms with Gasteiger partial charge >= 0.3 is 0 Å². The minimum absolute atomic E-state index is 0.0966. The van der Waals surface area contributed by atoms with Gasteiger partial charge in [0.15, 0.2) is 5.65 Å². The minimum Gasteiger partial charge on any atom is -0.485 e. The number of nitrogens with two attached hydrogens (primary N) is 1. The lowest BCUT2D eigenvalue weighted by Crippen LogP contribution is -2.13. The van der Waals surface area contributed by atoms with Crippen molar-refractivity contribution in [3.05, 3.63) is 70.1 Å². The highest BCUT2D eigenvalue weighted by molar-refractivity contribution is 7.15. The molecule has 0 unspecified atom stereocenters. The Hall–Kier alpha value is -2.94. The Morgan fingerprint density at radius 2 is 2.06 bits per heavy atom. The van der Waals surface area contributed by atoms with E-state index in [1.165, 1.54) is 11.3 Å². The number of carbonyl (C=O) groups is 1. The SMILES string of the molecule is C[C@@H](Oc1cc(-c2cnc3cnc(CN(C)C)cn23)sc1CC(N)=O)c1ccccc1Cl. The second-order valence-corrected chi connectivity index (χ2v) is 9.35. The summed E-state index contributed by atoms with van der Waals surface area (Å²) in [5, 5.41) is 0.634. The van der Waals surface area contributed by atoms with Gasteiger partial charge in [-0.15, -0.1) is 11.3 Å². The van der Waals surface area contributed by atoms with Crippen LogP contribution in [0.1, 0.15) is 29.2 Å². The quantitative estimate of drug-likeness (QED) is 0.415. The molecule has 3 aromatic heterocycles. The number of aromatic nitrogens is 3. The number of nitrogens with zero attached hydrogens (tertiary/aromatic N) is 4. The Labute approximate surface area is 195 Å². The zero-order chi connectivity index (χ0) is 22.8. The largest absolute Gasteiger partial charge is 0.485 e. The molecule has 32 heavy (non-hydrogen) atoms. The van der Waals surface area contributed by atoms with Crippen molar-refractivity contribution < 1.29 is 9.53 Å². The van der Waals surface area contributed by atoms with E-state index >= 15 is 0 Å². The van der Waals surface area contributed by atoms with Gasteiger partial charge in [0.1, 0.15) is 11.9 Å². The van der Waals surface area contributed by atoms with Crippen molar-refractivity contribution in [2.45, 2.75) is 26.0 Å². The predicted octanol–water partition coefficient (Wildman–Crippen LogP) is 4.34. The first kappa shape index (κ1) is 22.3. The lowest BCUT2D eigenvalue weighted by Gasteiger charge is -2.16. The monoisotopic (exact) mass is 469 g/mol. The number of carbonyl (C=O) groups excluding carboxylic acids is 1. The van der Waals surface area contributed by atoms with Crippen LogP contribution in [-0.2, 0) is 17.8 Å². The van der Waals surface area contributed by atoms with Crippen molar-refractivity contribution in [1.29, 1.82) is 0 Å². The average Bonchev–Trinajstić information content (AvgIpc) is 3.31. The first-order valence-electron chi connectivity index (χ1n) is 10.1. The molecule has 166 valence electrons. The smallest absolute Gasteiger partial charge is 0.222 e. The molecule has 1 atom stereocenters. The number of halogens is 1. The molecule has 0 saturated heterocycles. The molecule has 1 amide bonds. The van der Waals surface area contributed by atoms with Crippen LogP contribution >= 0.6 is 22.9 Å². The van der Waals surface area contributed by atoms with E-state index in [4.69, 9.17) is 22.1 Å². The van der Waals surface area contributed by atoms with E-state index in [0.29, 0.717) is 17.3 Å². The normalized spacial score (nSPS) is 12.4. The second-order valence-electron chi connectivity index (χ2n) is 7.81. The van der Waals surface area contributed by atoms with Crippen LogP contribution in [0.5, 0.6) is 5.75 Å². The molecule has 3 heterocycles. The van der Waals surface area contributed by atoms with Crippen LogP contribution in [-0.4, -0.2) is 39.3 Å². The molecule has 0 aliphatic carbocycles. The molecule has 1 aromatic carbocycles. The summed E-state index contributed by atoms with van der Waals surface area (Å²) in [7, 11) is 4.00. The number of fused-ring (bicyclic) bond motifs is 1. The highest BCUT2D eigenvalue weighted by Crippen LogP contribution is 2.39. The van der Waals surface area contributed by atoms with Crippen LogP contribution in [0.25, 0.3) is 16.2 Å². The average molecular weight is 470 g/mol. The van der Waals surface area contributed by atoms with Crippen molar-refractivity contribution >= 4 is 34.5 Å². The molecule has 0 saturated carbocycles. The van der Waals surface area contributed by atoms with Crippen LogP contribution in [0.2, 0.25) is 5.02 Å². The predicted molar refractivity (Wildman–Crippen MR) is 127 cm³/mol. The van der Waals surface area contributed by atoms with E-state index in [2.05, 4.69) is 14.9 Å². The van der Waals surface area contributed by atoms with Crippen molar-refractivity contribution in [2.24, 2.45) is 5.73 Å². The molecule has 0 radical (unpaired) electrons. The first-order valence-corrected chi connectivity index (χ1v) is 11.3. The Morgan fingerprint density at radius 1 is 1.28 bits per heavy atom. The Balaban J connectivity index is 1.72. The summed E-state index contributed by atoms with van der Waals surface area (Å²) >= 11 is 7.81. The van der Waals surface area contributed by atoms with Crippen LogP contribution in [0.4, 0.5) is 0 Å². The molecule has 0 aliphatic heterocycles. The molecule has 7 nitrogen and oxygen atoms in total. The third kappa shape index (κ3) is 4.77. The fourth-order valence-electron chi connectivity index (χ4n) is 3.50. The Kier molecular flexibility index (Phi) is 6.45. The third-order valence-electron chi connectivity index (χ3n) is 4.93. The summed E-state index contributed by atoms with van der Waals surface area (Å²) in [5.41, 5.74) is 8.96. The van der Waals surface area contributed by atoms with Gasteiger partial charge in [0.25, 0.3) is 0 Å². The zero-order valence-electron chi connectivity index (χ0n) is 18.1. The van der Waals surface area contributed by atoms with Gasteiger partial charge in [-0.25, -0.2) is 4.98 Å². The van der Waals surface area contributed by atoms with E-state index in [0.717, 1.165) is 32.4 Å². The minimum atomic E-state index is -0.413. The van der Waals surface area contributed by atoms with Crippen molar-refractivity contribution in [3.63, 3.8) is 0 Å². The molecular formula is C23H24ClN5O2S. The van der Waals surface area contributed by atoms with Crippen molar-refractivity contribution in [2.75, 3.05) is 14.1 Å². The molecule has 4 aromatic rings. The summed E-state index contributed by atoms with van der Waals surface area (Å²) in [6, 6.07) is 9.49. The summed E-state index contributed by atoms with van der Waals surface area (Å²) in [4.78, 5) is 24.4. The number of thiophene rings is 1. The van der Waals surface area contributed by atoms with Gasteiger partial charge in [-0.1, -0.05) is 29.8 Å². The highest BCUT2D eigenvalue weighted by atomic mass is 35.5. The topological polar surface area (TPSA) is 85.8 Å². The molecule has 2 N–H and O–H groups in total. The van der Waals surface area contributed by atoms with Crippen LogP contribution in [0.3, 0.4) is 0 Å². The van der Waals surface area contributed by atoms with E-state index in [9.17, 15) is 4.79 Å².